The predicted octanol–water partition coefficient (Wildman–Crippen LogP) is -0.338. The van der Waals surface area contributed by atoms with Crippen molar-refractivity contribution in [1.82, 2.24) is 41.5 Å². The minimum absolute atomic E-state index is 0.0120. The first kappa shape index (κ1) is 36.9. The lowest BCUT2D eigenvalue weighted by molar-refractivity contribution is -0.142. The molecule has 6 atom stereocenters. The Bertz CT molecular complexity index is 1490. The number of aromatic nitrogens is 2. The summed E-state index contributed by atoms with van der Waals surface area (Å²) >= 11 is 0. The topological polar surface area (TPSA) is 212 Å². The van der Waals surface area contributed by atoms with Gasteiger partial charge in [-0.15, -0.1) is 0 Å². The molecule has 2 aliphatic heterocycles. The minimum atomic E-state index is -1.47. The largest absolute Gasteiger partial charge is 0.391 e. The van der Waals surface area contributed by atoms with Gasteiger partial charge in [0.15, 0.2) is 0 Å². The van der Waals surface area contributed by atoms with E-state index in [0.29, 0.717) is 37.9 Å². The van der Waals surface area contributed by atoms with E-state index in [1.54, 1.807) is 13.8 Å². The van der Waals surface area contributed by atoms with Gasteiger partial charge in [0, 0.05) is 25.7 Å². The number of aliphatic hydroxyl groups excluding tert-OH is 1. The van der Waals surface area contributed by atoms with E-state index in [1.807, 2.05) is 30.3 Å². The molecule has 15 nitrogen and oxygen atoms in total. The Morgan fingerprint density at radius 3 is 2.33 bits per heavy atom. The number of benzene rings is 1. The third-order valence-corrected chi connectivity index (χ3v) is 8.69. The zero-order valence-electron chi connectivity index (χ0n) is 28.1. The van der Waals surface area contributed by atoms with Crippen LogP contribution in [0.5, 0.6) is 0 Å². The van der Waals surface area contributed by atoms with Crippen LogP contribution in [0.3, 0.4) is 0 Å². The highest BCUT2D eigenvalue weighted by Gasteiger charge is 2.39. The average molecular weight is 679 g/mol. The summed E-state index contributed by atoms with van der Waals surface area (Å²) in [5, 5.41) is 24.1. The van der Waals surface area contributed by atoms with Crippen LogP contribution >= 0.6 is 0 Å². The second kappa shape index (κ2) is 17.5. The number of nitrogens with zero attached hydrogens (tertiary/aromatic N) is 3. The van der Waals surface area contributed by atoms with E-state index in [9.17, 15) is 33.9 Å². The van der Waals surface area contributed by atoms with Crippen molar-refractivity contribution in [3.63, 3.8) is 0 Å². The Labute approximate surface area is 285 Å². The van der Waals surface area contributed by atoms with Gasteiger partial charge in [0.2, 0.25) is 29.5 Å². The molecule has 2 aromatic rings. The Hall–Kier alpha value is -4.92. The number of carbonyl (C=O) groups excluding carboxylic acids is 6. The fraction of sp³-hybridized carbons (Fsp3) is 0.529. The first-order chi connectivity index (χ1) is 23.5. The zero-order valence-corrected chi connectivity index (χ0v) is 28.1. The molecule has 2 aliphatic rings. The Kier molecular flexibility index (Phi) is 13.2. The average Bonchev–Trinajstić information content (AvgIpc) is 3.58. The molecule has 2 saturated heterocycles. The molecule has 0 saturated carbocycles. The summed E-state index contributed by atoms with van der Waals surface area (Å²) in [7, 11) is 0. The molecule has 0 spiro atoms. The van der Waals surface area contributed by atoms with Gasteiger partial charge in [0.1, 0.15) is 35.9 Å². The molecule has 2 fully saturated rings. The zero-order chi connectivity index (χ0) is 35.5. The number of hydrogen-bond acceptors (Lipinski definition) is 9. The number of fused-ring (bicyclic) bond motifs is 1. The Balaban J connectivity index is 1.61. The lowest BCUT2D eigenvalue weighted by atomic mass is 10.0. The predicted molar refractivity (Wildman–Crippen MR) is 178 cm³/mol. The van der Waals surface area contributed by atoms with Gasteiger partial charge in [0.25, 0.3) is 5.91 Å². The third-order valence-electron chi connectivity index (χ3n) is 8.69. The van der Waals surface area contributed by atoms with Crippen molar-refractivity contribution < 1.29 is 33.9 Å². The lowest BCUT2D eigenvalue weighted by Crippen LogP contribution is -2.61. The number of nitrogens with one attached hydrogen (secondary N) is 5. The molecular weight excluding hydrogens is 632 g/mol. The standard InChI is InChI=1S/C34H46N8O7/c1-4-23-29(44)41-28(21(3)43)33(48)40-25(17-22-11-6-5-7-12-22)34(49)42-16-10-14-27(42)32(47)35-15-9-8-13-24(30(45)38-23)39-31(46)26-19-36-20(2)18-37-26/h5-7,11-12,18-19,21,23-25,27-28,43H,4,8-10,13-17H2,1-3H3,(H,35,47)(H,38,45)(H,39,46)(H,40,48)(H,41,44)/t21-,23+,24+,25-,27+,28+/m1/s1. The monoisotopic (exact) mass is 678 g/mol. The van der Waals surface area contributed by atoms with Crippen molar-refractivity contribution in [3.05, 3.63) is 59.7 Å². The summed E-state index contributed by atoms with van der Waals surface area (Å²) in [5.74, 6) is -3.57. The first-order valence-corrected chi connectivity index (χ1v) is 16.8. The molecule has 6 N–H and O–H groups in total. The van der Waals surface area contributed by atoms with Gasteiger partial charge in [-0.3, -0.25) is 33.8 Å². The van der Waals surface area contributed by atoms with Gasteiger partial charge in [-0.2, -0.15) is 0 Å². The second-order valence-electron chi connectivity index (χ2n) is 12.5. The minimum Gasteiger partial charge on any atom is -0.391 e. The smallest absolute Gasteiger partial charge is 0.272 e. The van der Waals surface area contributed by atoms with Gasteiger partial charge in [0.05, 0.1) is 18.0 Å². The van der Waals surface area contributed by atoms with E-state index < -0.39 is 65.8 Å². The summed E-state index contributed by atoms with van der Waals surface area (Å²) in [6.45, 7) is 5.31. The normalized spacial score (nSPS) is 25.3. The SMILES string of the molecule is CC[C@@H]1NC(=O)[C@@H](NC(=O)c2cnc(C)cn2)CCCCNC(=O)[C@@H]2CCCN2C(=O)[C@@H](Cc2ccccc2)NC(=O)[C@H]([C@@H](C)O)NC1=O. The number of rotatable bonds is 6. The van der Waals surface area contributed by atoms with Gasteiger partial charge in [-0.25, -0.2) is 4.98 Å². The van der Waals surface area contributed by atoms with Crippen LogP contribution in [-0.2, 0) is 30.4 Å². The third kappa shape index (κ3) is 10.0. The number of aryl methyl sites for hydroxylation is 1. The molecule has 6 amide bonds. The maximum atomic E-state index is 14.0. The number of hydrogen-bond donors (Lipinski definition) is 6. The molecule has 3 heterocycles. The van der Waals surface area contributed by atoms with Crippen LogP contribution in [0.25, 0.3) is 0 Å². The molecule has 0 radical (unpaired) electrons. The van der Waals surface area contributed by atoms with E-state index in [4.69, 9.17) is 0 Å². The molecule has 15 heteroatoms. The van der Waals surface area contributed by atoms with Gasteiger partial charge >= 0.3 is 0 Å². The number of amides is 6. The number of aliphatic hydroxyl groups is 1. The molecule has 0 unspecified atom stereocenters. The summed E-state index contributed by atoms with van der Waals surface area (Å²) in [5.41, 5.74) is 1.39. The van der Waals surface area contributed by atoms with Crippen LogP contribution in [0, 0.1) is 6.92 Å². The van der Waals surface area contributed by atoms with Crippen molar-refractivity contribution in [3.8, 4) is 0 Å². The van der Waals surface area contributed by atoms with Crippen molar-refractivity contribution in [2.45, 2.75) is 102 Å². The van der Waals surface area contributed by atoms with E-state index in [1.165, 1.54) is 24.2 Å². The Morgan fingerprint density at radius 2 is 1.65 bits per heavy atom. The second-order valence-corrected chi connectivity index (χ2v) is 12.5. The van der Waals surface area contributed by atoms with Crippen molar-refractivity contribution in [1.29, 1.82) is 0 Å². The van der Waals surface area contributed by atoms with E-state index in [-0.39, 0.29) is 37.4 Å². The van der Waals surface area contributed by atoms with Crippen LogP contribution < -0.4 is 26.6 Å². The molecular formula is C34H46N8O7. The van der Waals surface area contributed by atoms with E-state index in [0.717, 1.165) is 5.56 Å². The van der Waals surface area contributed by atoms with Gasteiger partial charge in [-0.05, 0) is 57.9 Å². The van der Waals surface area contributed by atoms with E-state index >= 15 is 0 Å². The van der Waals surface area contributed by atoms with Gasteiger partial charge in [-0.1, -0.05) is 37.3 Å². The molecule has 1 aromatic heterocycles. The highest BCUT2D eigenvalue weighted by molar-refractivity contribution is 5.98. The number of carbonyl (C=O) groups is 6. The lowest BCUT2D eigenvalue weighted by Gasteiger charge is -2.30. The quantitative estimate of drug-likeness (QED) is 0.236. The highest BCUT2D eigenvalue weighted by atomic mass is 16.3. The van der Waals surface area contributed by atoms with Crippen LogP contribution in [0.2, 0.25) is 0 Å². The van der Waals surface area contributed by atoms with Crippen molar-refractivity contribution >= 4 is 35.4 Å². The van der Waals surface area contributed by atoms with E-state index in [2.05, 4.69) is 36.6 Å². The first-order valence-electron chi connectivity index (χ1n) is 16.8. The van der Waals surface area contributed by atoms with Gasteiger partial charge < -0.3 is 36.6 Å². The van der Waals surface area contributed by atoms with Crippen molar-refractivity contribution in [2.24, 2.45) is 0 Å². The molecule has 49 heavy (non-hydrogen) atoms. The molecule has 1 aromatic carbocycles. The van der Waals surface area contributed by atoms with Crippen LogP contribution in [0.4, 0.5) is 0 Å². The van der Waals surface area contributed by atoms with Crippen LogP contribution in [0.15, 0.2) is 42.7 Å². The van der Waals surface area contributed by atoms with Crippen LogP contribution in [0.1, 0.15) is 74.1 Å². The molecule has 4 rings (SSSR count). The maximum absolute atomic E-state index is 14.0. The summed E-state index contributed by atoms with van der Waals surface area (Å²) in [6.07, 6.45) is 3.73. The maximum Gasteiger partial charge on any atom is 0.272 e. The molecule has 0 bridgehead atoms. The summed E-state index contributed by atoms with van der Waals surface area (Å²) in [4.78, 5) is 90.5. The van der Waals surface area contributed by atoms with Crippen LogP contribution in [-0.4, -0.2) is 105 Å². The Morgan fingerprint density at radius 1 is 0.918 bits per heavy atom. The summed E-state index contributed by atoms with van der Waals surface area (Å²) in [6, 6.07) is 3.59. The fourth-order valence-electron chi connectivity index (χ4n) is 5.91. The molecule has 264 valence electrons. The summed E-state index contributed by atoms with van der Waals surface area (Å²) < 4.78 is 0. The van der Waals surface area contributed by atoms with Crippen molar-refractivity contribution in [2.75, 3.05) is 13.1 Å². The molecule has 0 aliphatic carbocycles. The fourth-order valence-corrected chi connectivity index (χ4v) is 5.91. The highest BCUT2D eigenvalue weighted by Crippen LogP contribution is 2.20.